The average molecular weight is 353 g/mol. The molecule has 1 aliphatic rings. The molecule has 3 amide bonds. The van der Waals surface area contributed by atoms with Crippen molar-refractivity contribution < 1.29 is 9.59 Å². The van der Waals surface area contributed by atoms with Gasteiger partial charge in [-0.2, -0.15) is 0 Å². The molecule has 6 nitrogen and oxygen atoms in total. The highest BCUT2D eigenvalue weighted by Crippen LogP contribution is 2.15. The van der Waals surface area contributed by atoms with Crippen molar-refractivity contribution in [3.05, 3.63) is 41.5 Å². The Morgan fingerprint density at radius 1 is 1.25 bits per heavy atom. The molecule has 0 saturated carbocycles. The van der Waals surface area contributed by atoms with Crippen molar-refractivity contribution >= 4 is 30.0 Å². The Morgan fingerprint density at radius 2 is 2.00 bits per heavy atom. The van der Waals surface area contributed by atoms with Gasteiger partial charge in [0.1, 0.15) is 0 Å². The molecule has 1 heterocycles. The Labute approximate surface area is 148 Å². The van der Waals surface area contributed by atoms with Crippen LogP contribution in [0.5, 0.6) is 0 Å². The number of anilines is 1. The first kappa shape index (κ1) is 20.0. The number of nitrogens with one attached hydrogen (secondary N) is 4. The Balaban J connectivity index is 0.00000288. The lowest BCUT2D eigenvalue weighted by Gasteiger charge is -2.16. The molecule has 0 aliphatic carbocycles. The summed E-state index contributed by atoms with van der Waals surface area (Å²) < 4.78 is 0. The SMILES string of the molecule is CC(C)NC(=O)Nc1ccccc1C(=O)NCC1=CCNCC1.Cl. The first-order valence-corrected chi connectivity index (χ1v) is 7.89. The third kappa shape index (κ3) is 6.22. The van der Waals surface area contributed by atoms with Crippen molar-refractivity contribution in [3.8, 4) is 0 Å². The van der Waals surface area contributed by atoms with Crippen molar-refractivity contribution in [2.24, 2.45) is 0 Å². The van der Waals surface area contributed by atoms with Gasteiger partial charge in [0.25, 0.3) is 5.91 Å². The van der Waals surface area contributed by atoms with Crippen molar-refractivity contribution in [1.29, 1.82) is 0 Å². The summed E-state index contributed by atoms with van der Waals surface area (Å²) >= 11 is 0. The van der Waals surface area contributed by atoms with E-state index >= 15 is 0 Å². The predicted octanol–water partition coefficient (Wildman–Crippen LogP) is 2.29. The van der Waals surface area contributed by atoms with Crippen molar-refractivity contribution in [2.45, 2.75) is 26.3 Å². The molecule has 1 aliphatic heterocycles. The second-order valence-corrected chi connectivity index (χ2v) is 5.80. The van der Waals surface area contributed by atoms with E-state index in [0.29, 0.717) is 17.8 Å². The van der Waals surface area contributed by atoms with Gasteiger partial charge in [0.15, 0.2) is 0 Å². The number of carbonyl (C=O) groups excluding carboxylic acids is 2. The van der Waals surface area contributed by atoms with E-state index in [0.717, 1.165) is 19.5 Å². The van der Waals surface area contributed by atoms with E-state index in [2.05, 4.69) is 27.3 Å². The van der Waals surface area contributed by atoms with Gasteiger partial charge in [-0.05, 0) is 38.9 Å². The minimum atomic E-state index is -0.318. The van der Waals surface area contributed by atoms with E-state index in [1.54, 1.807) is 24.3 Å². The third-order valence-electron chi connectivity index (χ3n) is 3.47. The maximum absolute atomic E-state index is 12.4. The zero-order valence-electron chi connectivity index (χ0n) is 14.0. The second kappa shape index (κ2) is 9.95. The van der Waals surface area contributed by atoms with Crippen LogP contribution in [0.4, 0.5) is 10.5 Å². The average Bonchev–Trinajstić information content (AvgIpc) is 2.53. The number of hydrogen-bond acceptors (Lipinski definition) is 3. The van der Waals surface area contributed by atoms with Gasteiger partial charge in [0.2, 0.25) is 0 Å². The van der Waals surface area contributed by atoms with Crippen LogP contribution in [0.15, 0.2) is 35.9 Å². The molecule has 0 atom stereocenters. The van der Waals surface area contributed by atoms with Crippen LogP contribution in [0.2, 0.25) is 0 Å². The van der Waals surface area contributed by atoms with E-state index in [-0.39, 0.29) is 30.4 Å². The van der Waals surface area contributed by atoms with Crippen LogP contribution in [-0.2, 0) is 0 Å². The van der Waals surface area contributed by atoms with Gasteiger partial charge < -0.3 is 21.3 Å². The number of halogens is 1. The highest BCUT2D eigenvalue weighted by molar-refractivity contribution is 6.03. The molecule has 0 saturated heterocycles. The Kier molecular flexibility index (Phi) is 8.29. The number of para-hydroxylation sites is 1. The standard InChI is InChI=1S/C17H24N4O2.ClH/c1-12(2)20-17(23)21-15-6-4-3-5-14(15)16(22)19-11-13-7-9-18-10-8-13;/h3-7,12,18H,8-11H2,1-2H3,(H,19,22)(H2,20,21,23);1H. The summed E-state index contributed by atoms with van der Waals surface area (Å²) in [5, 5.41) is 11.6. The minimum absolute atomic E-state index is 0. The fraction of sp³-hybridized carbons (Fsp3) is 0.412. The summed E-state index contributed by atoms with van der Waals surface area (Å²) in [6, 6.07) is 6.71. The highest BCUT2D eigenvalue weighted by atomic mass is 35.5. The monoisotopic (exact) mass is 352 g/mol. The third-order valence-corrected chi connectivity index (χ3v) is 3.47. The Morgan fingerprint density at radius 3 is 2.67 bits per heavy atom. The summed E-state index contributed by atoms with van der Waals surface area (Å²) in [6.07, 6.45) is 3.04. The highest BCUT2D eigenvalue weighted by Gasteiger charge is 2.14. The van der Waals surface area contributed by atoms with Crippen molar-refractivity contribution in [2.75, 3.05) is 25.0 Å². The fourth-order valence-electron chi connectivity index (χ4n) is 2.33. The normalized spacial score (nSPS) is 13.5. The van der Waals surface area contributed by atoms with Gasteiger partial charge in [-0.15, -0.1) is 12.4 Å². The van der Waals surface area contributed by atoms with Crippen LogP contribution in [0.25, 0.3) is 0 Å². The topological polar surface area (TPSA) is 82.3 Å². The minimum Gasteiger partial charge on any atom is -0.348 e. The molecular weight excluding hydrogens is 328 g/mol. The Bertz CT molecular complexity index is 602. The van der Waals surface area contributed by atoms with E-state index in [1.807, 2.05) is 13.8 Å². The predicted molar refractivity (Wildman–Crippen MR) is 98.9 cm³/mol. The molecule has 0 fully saturated rings. The van der Waals surface area contributed by atoms with Gasteiger partial charge in [0.05, 0.1) is 11.3 Å². The number of benzene rings is 1. The van der Waals surface area contributed by atoms with E-state index in [4.69, 9.17) is 0 Å². The van der Waals surface area contributed by atoms with Crippen molar-refractivity contribution in [3.63, 3.8) is 0 Å². The maximum Gasteiger partial charge on any atom is 0.319 e. The van der Waals surface area contributed by atoms with Gasteiger partial charge in [-0.25, -0.2) is 4.79 Å². The molecule has 1 aromatic rings. The van der Waals surface area contributed by atoms with Crippen LogP contribution in [0, 0.1) is 0 Å². The largest absolute Gasteiger partial charge is 0.348 e. The summed E-state index contributed by atoms with van der Waals surface area (Å²) in [5.74, 6) is -0.190. The van der Waals surface area contributed by atoms with Gasteiger partial charge in [-0.3, -0.25) is 4.79 Å². The fourth-order valence-corrected chi connectivity index (χ4v) is 2.33. The molecule has 132 valence electrons. The van der Waals surface area contributed by atoms with Gasteiger partial charge in [0, 0.05) is 19.1 Å². The van der Waals surface area contributed by atoms with Crippen LogP contribution >= 0.6 is 12.4 Å². The van der Waals surface area contributed by atoms with Gasteiger partial charge >= 0.3 is 6.03 Å². The first-order chi connectivity index (χ1) is 11.1. The molecule has 0 aromatic heterocycles. The summed E-state index contributed by atoms with van der Waals surface area (Å²) in [7, 11) is 0. The zero-order chi connectivity index (χ0) is 16.7. The van der Waals surface area contributed by atoms with Crippen molar-refractivity contribution in [1.82, 2.24) is 16.0 Å². The van der Waals surface area contributed by atoms with Crippen LogP contribution < -0.4 is 21.3 Å². The Hall–Kier alpha value is -2.05. The van der Waals surface area contributed by atoms with Gasteiger partial charge in [-0.1, -0.05) is 23.8 Å². The molecule has 2 rings (SSSR count). The quantitative estimate of drug-likeness (QED) is 0.614. The molecule has 0 spiro atoms. The summed E-state index contributed by atoms with van der Waals surface area (Å²) in [4.78, 5) is 24.2. The molecule has 24 heavy (non-hydrogen) atoms. The van der Waals surface area contributed by atoms with Crippen LogP contribution in [0.3, 0.4) is 0 Å². The zero-order valence-corrected chi connectivity index (χ0v) is 14.8. The molecule has 0 bridgehead atoms. The van der Waals surface area contributed by atoms with E-state index < -0.39 is 0 Å². The lowest BCUT2D eigenvalue weighted by molar-refractivity contribution is 0.0957. The lowest BCUT2D eigenvalue weighted by atomic mass is 10.1. The number of carbonyl (C=O) groups is 2. The number of hydrogen-bond donors (Lipinski definition) is 4. The number of urea groups is 1. The van der Waals surface area contributed by atoms with E-state index in [9.17, 15) is 9.59 Å². The smallest absolute Gasteiger partial charge is 0.319 e. The summed E-state index contributed by atoms with van der Waals surface area (Å²) in [6.45, 7) is 6.08. The first-order valence-electron chi connectivity index (χ1n) is 7.89. The molecule has 4 N–H and O–H groups in total. The molecule has 0 unspecified atom stereocenters. The van der Waals surface area contributed by atoms with E-state index in [1.165, 1.54) is 5.57 Å². The molecule has 7 heteroatoms. The molecule has 0 radical (unpaired) electrons. The molecule has 1 aromatic carbocycles. The van der Waals surface area contributed by atoms with Crippen LogP contribution in [0.1, 0.15) is 30.6 Å². The number of amides is 3. The van der Waals surface area contributed by atoms with Crippen LogP contribution in [-0.4, -0.2) is 37.6 Å². The second-order valence-electron chi connectivity index (χ2n) is 5.80. The molecular formula is C17H25ClN4O2. The number of rotatable bonds is 5. The lowest BCUT2D eigenvalue weighted by Crippen LogP contribution is -2.35. The maximum atomic E-state index is 12.4. The summed E-state index contributed by atoms with van der Waals surface area (Å²) in [5.41, 5.74) is 2.18.